The van der Waals surface area contributed by atoms with Crippen LogP contribution in [-0.4, -0.2) is 38.2 Å². The maximum atomic E-state index is 12.5. The number of hydrogen-bond donors (Lipinski definition) is 0. The van der Waals surface area contributed by atoms with Gasteiger partial charge in [0.05, 0.1) is 20.3 Å². The predicted molar refractivity (Wildman–Crippen MR) is 108 cm³/mol. The fourth-order valence-corrected chi connectivity index (χ4v) is 3.19. The van der Waals surface area contributed by atoms with Crippen LogP contribution in [0.3, 0.4) is 0 Å². The van der Waals surface area contributed by atoms with Crippen LogP contribution < -0.4 is 14.2 Å². The molecule has 142 valence electrons. The number of carbonyl (C=O) groups is 1. The van der Waals surface area contributed by atoms with Crippen LogP contribution in [0.1, 0.15) is 17.5 Å². The molecule has 0 fully saturated rings. The van der Waals surface area contributed by atoms with Gasteiger partial charge in [0, 0.05) is 36.1 Å². The van der Waals surface area contributed by atoms with E-state index in [2.05, 4.69) is 15.9 Å². The number of likely N-dealkylation sites (N-methyl/N-ethyl adjacent to an activating group) is 1. The molecule has 2 aromatic rings. The second-order valence-electron chi connectivity index (χ2n) is 6.24. The third-order valence-electron chi connectivity index (χ3n) is 4.22. The number of fused-ring (bicyclic) bond motifs is 1. The summed E-state index contributed by atoms with van der Waals surface area (Å²) in [6.45, 7) is 1.74. The lowest BCUT2D eigenvalue weighted by molar-refractivity contribution is -0.125. The van der Waals surface area contributed by atoms with Gasteiger partial charge in [-0.05, 0) is 42.0 Å². The van der Waals surface area contributed by atoms with Crippen LogP contribution in [0.5, 0.6) is 17.2 Å². The summed E-state index contributed by atoms with van der Waals surface area (Å²) >= 11 is 3.45. The van der Waals surface area contributed by atoms with Crippen molar-refractivity contribution in [2.45, 2.75) is 13.0 Å². The van der Waals surface area contributed by atoms with E-state index in [0.29, 0.717) is 25.5 Å². The zero-order valence-electron chi connectivity index (χ0n) is 15.4. The number of benzene rings is 2. The fourth-order valence-electron chi connectivity index (χ4n) is 2.78. The van der Waals surface area contributed by atoms with Gasteiger partial charge in [-0.3, -0.25) is 4.79 Å². The summed E-state index contributed by atoms with van der Waals surface area (Å²) in [6, 6.07) is 11.4. The molecule has 1 amide bonds. The van der Waals surface area contributed by atoms with Gasteiger partial charge in [0.2, 0.25) is 5.91 Å². The van der Waals surface area contributed by atoms with Crippen molar-refractivity contribution < 1.29 is 19.0 Å². The molecule has 27 heavy (non-hydrogen) atoms. The van der Waals surface area contributed by atoms with Gasteiger partial charge in [-0.25, -0.2) is 0 Å². The first-order valence-corrected chi connectivity index (χ1v) is 9.51. The van der Waals surface area contributed by atoms with Crippen molar-refractivity contribution >= 4 is 27.9 Å². The molecule has 0 spiro atoms. The Morgan fingerprint density at radius 2 is 1.96 bits per heavy atom. The van der Waals surface area contributed by atoms with Crippen molar-refractivity contribution in [3.63, 3.8) is 0 Å². The van der Waals surface area contributed by atoms with Gasteiger partial charge in [-0.2, -0.15) is 0 Å². The molecule has 0 atom stereocenters. The van der Waals surface area contributed by atoms with Crippen LogP contribution in [0, 0.1) is 0 Å². The Bertz CT molecular complexity index is 850. The summed E-state index contributed by atoms with van der Waals surface area (Å²) < 4.78 is 17.6. The first-order valence-electron chi connectivity index (χ1n) is 8.72. The molecule has 0 saturated heterocycles. The van der Waals surface area contributed by atoms with Crippen LogP contribution >= 0.6 is 15.9 Å². The molecule has 6 heteroatoms. The molecular formula is C21H22BrNO4. The molecule has 0 unspecified atom stereocenters. The van der Waals surface area contributed by atoms with Gasteiger partial charge in [0.25, 0.3) is 0 Å². The van der Waals surface area contributed by atoms with Crippen LogP contribution in [0.4, 0.5) is 0 Å². The van der Waals surface area contributed by atoms with Crippen LogP contribution in [-0.2, 0) is 11.3 Å². The molecular weight excluding hydrogens is 410 g/mol. The number of ether oxygens (including phenoxy) is 3. The van der Waals surface area contributed by atoms with Crippen molar-refractivity contribution in [1.82, 2.24) is 4.90 Å². The first-order chi connectivity index (χ1) is 13.1. The molecule has 0 N–H and O–H groups in total. The van der Waals surface area contributed by atoms with Gasteiger partial charge in [0.15, 0.2) is 11.5 Å². The summed E-state index contributed by atoms with van der Waals surface area (Å²) in [6.07, 6.45) is 4.21. The minimum absolute atomic E-state index is 0.0934. The number of methoxy groups -OCH3 is 1. The van der Waals surface area contributed by atoms with Gasteiger partial charge < -0.3 is 19.1 Å². The van der Waals surface area contributed by atoms with E-state index in [1.54, 1.807) is 31.2 Å². The number of hydrogen-bond acceptors (Lipinski definition) is 4. The minimum Gasteiger partial charge on any atom is -0.496 e. The van der Waals surface area contributed by atoms with Crippen LogP contribution in [0.2, 0.25) is 0 Å². The lowest BCUT2D eigenvalue weighted by Gasteiger charge is -2.17. The van der Waals surface area contributed by atoms with Crippen molar-refractivity contribution in [1.29, 1.82) is 0 Å². The Kier molecular flexibility index (Phi) is 6.40. The van der Waals surface area contributed by atoms with E-state index in [-0.39, 0.29) is 5.91 Å². The second kappa shape index (κ2) is 8.95. The molecule has 0 bridgehead atoms. The topological polar surface area (TPSA) is 48.0 Å². The highest BCUT2D eigenvalue weighted by molar-refractivity contribution is 9.10. The van der Waals surface area contributed by atoms with Crippen LogP contribution in [0.15, 0.2) is 46.9 Å². The SMILES string of the molecule is COc1ccc(Br)cc1CN(C)C(=O)C=Cc1ccc2c(c1)OCCCO2. The van der Waals surface area contributed by atoms with Crippen molar-refractivity contribution in [2.24, 2.45) is 0 Å². The Balaban J connectivity index is 1.68. The normalized spacial score (nSPS) is 13.3. The van der Waals surface area contributed by atoms with E-state index in [0.717, 1.165) is 33.5 Å². The monoisotopic (exact) mass is 431 g/mol. The second-order valence-corrected chi connectivity index (χ2v) is 7.16. The van der Waals surface area contributed by atoms with E-state index < -0.39 is 0 Å². The van der Waals surface area contributed by atoms with Crippen molar-refractivity contribution in [3.8, 4) is 17.2 Å². The highest BCUT2D eigenvalue weighted by Gasteiger charge is 2.12. The molecule has 2 aromatic carbocycles. The first kappa shape index (κ1) is 19.3. The average molecular weight is 432 g/mol. The fraction of sp³-hybridized carbons (Fsp3) is 0.286. The van der Waals surface area contributed by atoms with Gasteiger partial charge >= 0.3 is 0 Å². The molecule has 0 aromatic heterocycles. The van der Waals surface area contributed by atoms with Gasteiger partial charge in [-0.15, -0.1) is 0 Å². The number of amides is 1. The predicted octanol–water partition coefficient (Wildman–Crippen LogP) is 4.29. The Labute approximate surface area is 167 Å². The lowest BCUT2D eigenvalue weighted by Crippen LogP contribution is -2.24. The van der Waals surface area contributed by atoms with Crippen molar-refractivity contribution in [3.05, 3.63) is 58.1 Å². The zero-order valence-corrected chi connectivity index (χ0v) is 17.0. The van der Waals surface area contributed by atoms with E-state index in [1.165, 1.54) is 0 Å². The lowest BCUT2D eigenvalue weighted by atomic mass is 10.1. The summed E-state index contributed by atoms with van der Waals surface area (Å²) in [5.74, 6) is 2.12. The maximum absolute atomic E-state index is 12.5. The Morgan fingerprint density at radius 3 is 2.74 bits per heavy atom. The number of nitrogens with zero attached hydrogens (tertiary/aromatic N) is 1. The average Bonchev–Trinajstić information content (AvgIpc) is 2.91. The summed E-state index contributed by atoms with van der Waals surface area (Å²) in [4.78, 5) is 14.1. The van der Waals surface area contributed by atoms with E-state index in [9.17, 15) is 4.79 Å². The maximum Gasteiger partial charge on any atom is 0.246 e. The molecule has 1 heterocycles. The number of rotatable bonds is 5. The van der Waals surface area contributed by atoms with Gasteiger partial charge in [0.1, 0.15) is 5.75 Å². The van der Waals surface area contributed by atoms with Gasteiger partial charge in [-0.1, -0.05) is 22.0 Å². The largest absolute Gasteiger partial charge is 0.496 e. The minimum atomic E-state index is -0.0934. The Morgan fingerprint density at radius 1 is 1.19 bits per heavy atom. The molecule has 0 radical (unpaired) electrons. The third-order valence-corrected chi connectivity index (χ3v) is 4.71. The number of carbonyl (C=O) groups excluding carboxylic acids is 1. The summed E-state index contributed by atoms with van der Waals surface area (Å²) in [5, 5.41) is 0. The third kappa shape index (κ3) is 5.04. The standard InChI is InChI=1S/C21H22BrNO4/c1-23(14-16-13-17(22)6-8-18(16)25-2)21(24)9-5-15-4-7-19-20(12-15)27-11-3-10-26-19/h4-9,12-13H,3,10-11,14H2,1-2H3. The van der Waals surface area contributed by atoms with E-state index in [4.69, 9.17) is 14.2 Å². The highest BCUT2D eigenvalue weighted by atomic mass is 79.9. The molecule has 5 nitrogen and oxygen atoms in total. The molecule has 0 aliphatic carbocycles. The summed E-state index contributed by atoms with van der Waals surface area (Å²) in [7, 11) is 3.39. The van der Waals surface area contributed by atoms with Crippen molar-refractivity contribution in [2.75, 3.05) is 27.4 Å². The highest BCUT2D eigenvalue weighted by Crippen LogP contribution is 2.31. The Hall–Kier alpha value is -2.47. The smallest absolute Gasteiger partial charge is 0.246 e. The van der Waals surface area contributed by atoms with E-state index >= 15 is 0 Å². The molecule has 0 saturated carbocycles. The zero-order chi connectivity index (χ0) is 19.2. The molecule has 1 aliphatic heterocycles. The quantitative estimate of drug-likeness (QED) is 0.662. The van der Waals surface area contributed by atoms with E-state index in [1.807, 2.05) is 36.4 Å². The van der Waals surface area contributed by atoms with Crippen LogP contribution in [0.25, 0.3) is 6.08 Å². The molecule has 3 rings (SSSR count). The summed E-state index contributed by atoms with van der Waals surface area (Å²) in [5.41, 5.74) is 1.83. The molecule has 1 aliphatic rings. The number of halogens is 1.